The molecule has 0 aliphatic rings. The first-order chi connectivity index (χ1) is 13.2. The maximum atomic E-state index is 5.82. The third-order valence-corrected chi connectivity index (χ3v) is 4.19. The highest BCUT2D eigenvalue weighted by Gasteiger charge is 2.10. The Morgan fingerprint density at radius 2 is 1.63 bits per heavy atom. The van der Waals surface area contributed by atoms with E-state index >= 15 is 0 Å². The van der Waals surface area contributed by atoms with Crippen LogP contribution in [0.25, 0.3) is 0 Å². The lowest BCUT2D eigenvalue weighted by molar-refractivity contribution is 0.260. The number of hydrogen-bond donors (Lipinski definition) is 2. The molecule has 0 saturated heterocycles. The van der Waals surface area contributed by atoms with Gasteiger partial charge in [0.15, 0.2) is 0 Å². The second-order valence-electron chi connectivity index (χ2n) is 6.24. The molecule has 0 fully saturated rings. The van der Waals surface area contributed by atoms with Crippen molar-refractivity contribution in [1.82, 2.24) is 14.9 Å². The quantitative estimate of drug-likeness (QED) is 0.569. The maximum absolute atomic E-state index is 5.82. The van der Waals surface area contributed by atoms with Crippen LogP contribution >= 0.6 is 0 Å². The molecule has 0 bridgehead atoms. The Kier molecular flexibility index (Phi) is 6.60. The number of nitrogens with two attached hydrogens (primary N) is 1. The van der Waals surface area contributed by atoms with Gasteiger partial charge in [-0.1, -0.05) is 12.1 Å². The van der Waals surface area contributed by atoms with Crippen molar-refractivity contribution in [3.8, 4) is 5.75 Å². The van der Waals surface area contributed by atoms with Crippen molar-refractivity contribution in [3.63, 3.8) is 0 Å². The molecule has 3 aromatic rings. The Labute approximate surface area is 160 Å². The summed E-state index contributed by atoms with van der Waals surface area (Å²) in [6.45, 7) is 3.12. The zero-order valence-electron chi connectivity index (χ0n) is 15.5. The largest absolute Gasteiger partial charge is 0.495 e. The van der Waals surface area contributed by atoms with Gasteiger partial charge in [-0.25, -0.2) is 0 Å². The van der Waals surface area contributed by atoms with Crippen LogP contribution in [0, 0.1) is 0 Å². The summed E-state index contributed by atoms with van der Waals surface area (Å²) in [7, 11) is 1.65. The number of pyridine rings is 2. The topological polar surface area (TPSA) is 76.3 Å². The van der Waals surface area contributed by atoms with Crippen LogP contribution in [0.1, 0.15) is 11.4 Å². The molecule has 0 saturated carbocycles. The number of benzene rings is 1. The normalized spacial score (nSPS) is 10.7. The second-order valence-corrected chi connectivity index (χ2v) is 6.24. The third-order valence-electron chi connectivity index (χ3n) is 4.19. The highest BCUT2D eigenvalue weighted by Crippen LogP contribution is 2.26. The molecular weight excluding hydrogens is 338 g/mol. The molecule has 0 radical (unpaired) electrons. The predicted molar refractivity (Wildman–Crippen MR) is 108 cm³/mol. The molecule has 2 heterocycles. The molecule has 0 aliphatic heterocycles. The summed E-state index contributed by atoms with van der Waals surface area (Å²) in [6.07, 6.45) is 3.65. The van der Waals surface area contributed by atoms with Gasteiger partial charge in [-0.15, -0.1) is 0 Å². The Balaban J connectivity index is 1.64. The summed E-state index contributed by atoms with van der Waals surface area (Å²) in [6, 6.07) is 17.6. The Morgan fingerprint density at radius 1 is 0.963 bits per heavy atom. The molecule has 0 atom stereocenters. The number of nitrogens with zero attached hydrogens (tertiary/aromatic N) is 3. The molecule has 3 rings (SSSR count). The molecule has 6 heteroatoms. The van der Waals surface area contributed by atoms with Crippen molar-refractivity contribution in [3.05, 3.63) is 78.4 Å². The first-order valence-electron chi connectivity index (χ1n) is 8.94. The van der Waals surface area contributed by atoms with Crippen LogP contribution < -0.4 is 15.8 Å². The van der Waals surface area contributed by atoms with Crippen molar-refractivity contribution >= 4 is 11.4 Å². The van der Waals surface area contributed by atoms with Gasteiger partial charge in [0, 0.05) is 50.3 Å². The average Bonchev–Trinajstić information content (AvgIpc) is 2.70. The molecule has 3 N–H and O–H groups in total. The molecule has 1 aromatic carbocycles. The SMILES string of the molecule is COc1cc(N)ccc1NCCN(Cc1ccccn1)Cc1ccccn1. The lowest BCUT2D eigenvalue weighted by Crippen LogP contribution is -2.29. The van der Waals surface area contributed by atoms with E-state index in [0.717, 1.165) is 49.0 Å². The van der Waals surface area contributed by atoms with Crippen LogP contribution in [-0.2, 0) is 13.1 Å². The third kappa shape index (κ3) is 5.69. The van der Waals surface area contributed by atoms with E-state index < -0.39 is 0 Å². The summed E-state index contributed by atoms with van der Waals surface area (Å²) in [5, 5.41) is 3.43. The minimum atomic E-state index is 0.685. The number of hydrogen-bond acceptors (Lipinski definition) is 6. The lowest BCUT2D eigenvalue weighted by Gasteiger charge is -2.22. The van der Waals surface area contributed by atoms with E-state index in [4.69, 9.17) is 10.5 Å². The summed E-state index contributed by atoms with van der Waals surface area (Å²) in [5.74, 6) is 0.746. The molecule has 2 aromatic heterocycles. The number of rotatable bonds is 9. The Hall–Kier alpha value is -3.12. The minimum Gasteiger partial charge on any atom is -0.495 e. The van der Waals surface area contributed by atoms with Crippen molar-refractivity contribution in [2.75, 3.05) is 31.2 Å². The summed E-state index contributed by atoms with van der Waals surface area (Å²) in [5.41, 5.74) is 9.52. The van der Waals surface area contributed by atoms with Crippen LogP contribution in [0.15, 0.2) is 67.0 Å². The van der Waals surface area contributed by atoms with Gasteiger partial charge in [0.2, 0.25) is 0 Å². The van der Waals surface area contributed by atoms with Crippen LogP contribution in [0.5, 0.6) is 5.75 Å². The van der Waals surface area contributed by atoms with E-state index in [0.29, 0.717) is 5.69 Å². The minimum absolute atomic E-state index is 0.685. The molecule has 0 unspecified atom stereocenters. The van der Waals surface area contributed by atoms with E-state index in [1.54, 1.807) is 7.11 Å². The first-order valence-corrected chi connectivity index (χ1v) is 8.94. The smallest absolute Gasteiger partial charge is 0.143 e. The standard InChI is InChI=1S/C21H25N5O/c1-27-21-14-17(22)8-9-20(21)25-12-13-26(15-18-6-2-4-10-23-18)16-19-7-3-5-11-24-19/h2-11,14,25H,12-13,15-16,22H2,1H3. The first kappa shape index (κ1) is 18.7. The fourth-order valence-corrected chi connectivity index (χ4v) is 2.86. The van der Waals surface area contributed by atoms with E-state index in [9.17, 15) is 0 Å². The molecule has 140 valence electrons. The van der Waals surface area contributed by atoms with Gasteiger partial charge in [0.1, 0.15) is 5.75 Å². The summed E-state index contributed by atoms with van der Waals surface area (Å²) in [4.78, 5) is 11.2. The molecule has 0 aliphatic carbocycles. The van der Waals surface area contributed by atoms with Gasteiger partial charge < -0.3 is 15.8 Å². The van der Waals surface area contributed by atoms with Gasteiger partial charge in [0.25, 0.3) is 0 Å². The van der Waals surface area contributed by atoms with E-state index in [2.05, 4.69) is 20.2 Å². The van der Waals surface area contributed by atoms with E-state index in [1.165, 1.54) is 0 Å². The zero-order chi connectivity index (χ0) is 18.9. The van der Waals surface area contributed by atoms with Gasteiger partial charge in [-0.3, -0.25) is 14.9 Å². The number of anilines is 2. The molecule has 0 amide bonds. The number of methoxy groups -OCH3 is 1. The Bertz CT molecular complexity index is 785. The maximum Gasteiger partial charge on any atom is 0.143 e. The van der Waals surface area contributed by atoms with Crippen LogP contribution in [0.3, 0.4) is 0 Å². The molecule has 6 nitrogen and oxygen atoms in total. The number of aromatic nitrogens is 2. The average molecular weight is 363 g/mol. The number of ether oxygens (including phenoxy) is 1. The highest BCUT2D eigenvalue weighted by atomic mass is 16.5. The van der Waals surface area contributed by atoms with E-state index in [-0.39, 0.29) is 0 Å². The van der Waals surface area contributed by atoms with Crippen molar-refractivity contribution in [2.24, 2.45) is 0 Å². The Morgan fingerprint density at radius 3 is 2.19 bits per heavy atom. The van der Waals surface area contributed by atoms with Crippen LogP contribution in [0.4, 0.5) is 11.4 Å². The molecular formula is C21H25N5O. The second kappa shape index (κ2) is 9.54. The van der Waals surface area contributed by atoms with Crippen molar-refractivity contribution < 1.29 is 4.74 Å². The molecule has 0 spiro atoms. The van der Waals surface area contributed by atoms with Gasteiger partial charge in [0.05, 0.1) is 24.2 Å². The monoisotopic (exact) mass is 363 g/mol. The fourth-order valence-electron chi connectivity index (χ4n) is 2.86. The van der Waals surface area contributed by atoms with Gasteiger partial charge in [-0.05, 0) is 36.4 Å². The molecule has 27 heavy (non-hydrogen) atoms. The van der Waals surface area contributed by atoms with Gasteiger partial charge in [-0.2, -0.15) is 0 Å². The predicted octanol–water partition coefficient (Wildman–Crippen LogP) is 3.18. The van der Waals surface area contributed by atoms with Crippen molar-refractivity contribution in [2.45, 2.75) is 13.1 Å². The number of nitrogen functional groups attached to an aromatic ring is 1. The highest BCUT2D eigenvalue weighted by molar-refractivity contribution is 5.62. The van der Waals surface area contributed by atoms with Gasteiger partial charge >= 0.3 is 0 Å². The summed E-state index contributed by atoms with van der Waals surface area (Å²) >= 11 is 0. The van der Waals surface area contributed by atoms with E-state index in [1.807, 2.05) is 67.0 Å². The fraction of sp³-hybridized carbons (Fsp3) is 0.238. The van der Waals surface area contributed by atoms with Crippen molar-refractivity contribution in [1.29, 1.82) is 0 Å². The summed E-state index contributed by atoms with van der Waals surface area (Å²) < 4.78 is 5.40. The van der Waals surface area contributed by atoms with Crippen LogP contribution in [-0.4, -0.2) is 35.1 Å². The zero-order valence-corrected chi connectivity index (χ0v) is 15.5. The lowest BCUT2D eigenvalue weighted by atomic mass is 10.2. The van der Waals surface area contributed by atoms with Crippen LogP contribution in [0.2, 0.25) is 0 Å². The number of nitrogens with one attached hydrogen (secondary N) is 1.